The molecule has 1 atom stereocenters. The van der Waals surface area contributed by atoms with Crippen LogP contribution in [0.2, 0.25) is 0 Å². The van der Waals surface area contributed by atoms with Gasteiger partial charge in [-0.3, -0.25) is 4.79 Å². The molecule has 0 aliphatic rings. The number of nitrogens with one attached hydrogen (secondary N) is 1. The molecule has 1 heterocycles. The van der Waals surface area contributed by atoms with E-state index in [0.717, 1.165) is 27.8 Å². The molecule has 0 aliphatic carbocycles. The maximum atomic E-state index is 11.9. The number of nitrogens with zero attached hydrogens (tertiary/aromatic N) is 2. The Bertz CT molecular complexity index is 1050. The lowest BCUT2D eigenvalue weighted by Gasteiger charge is -2.12. The summed E-state index contributed by atoms with van der Waals surface area (Å²) in [5.74, 6) is 0.433. The highest BCUT2D eigenvalue weighted by Crippen LogP contribution is 2.30. The van der Waals surface area contributed by atoms with Gasteiger partial charge in [-0.2, -0.15) is 0 Å². The molecule has 0 radical (unpaired) electrons. The Morgan fingerprint density at radius 3 is 2.30 bits per heavy atom. The zero-order valence-electron chi connectivity index (χ0n) is 16.8. The second-order valence-corrected chi connectivity index (χ2v) is 8.11. The minimum absolute atomic E-state index is 0.0793. The van der Waals surface area contributed by atoms with Gasteiger partial charge in [0.15, 0.2) is 11.1 Å². The van der Waals surface area contributed by atoms with Crippen LogP contribution in [-0.4, -0.2) is 45.2 Å². The second-order valence-electron chi connectivity index (χ2n) is 7.18. The largest absolute Gasteiger partial charge is 0.383 e. The molecular weight excluding hydrogens is 400 g/mol. The summed E-state index contributed by atoms with van der Waals surface area (Å²) in [6.45, 7) is 0.313. The number of pyridine rings is 1. The van der Waals surface area contributed by atoms with E-state index in [-0.39, 0.29) is 11.7 Å². The van der Waals surface area contributed by atoms with Gasteiger partial charge < -0.3 is 20.5 Å². The molecular formula is C22H24N4O3S. The maximum absolute atomic E-state index is 11.9. The third-order valence-corrected chi connectivity index (χ3v) is 5.02. The summed E-state index contributed by atoms with van der Waals surface area (Å²) in [5.41, 5.74) is 11.1. The van der Waals surface area contributed by atoms with E-state index in [4.69, 9.17) is 10.3 Å². The van der Waals surface area contributed by atoms with E-state index in [1.54, 1.807) is 11.1 Å². The number of hydrogen-bond donors (Lipinski definition) is 3. The topological polar surface area (TPSA) is 109 Å². The molecule has 0 aliphatic heterocycles. The molecule has 1 aromatic heterocycles. The fourth-order valence-electron chi connectivity index (χ4n) is 3.02. The summed E-state index contributed by atoms with van der Waals surface area (Å²) in [6, 6.07) is 16.8. The van der Waals surface area contributed by atoms with Crippen molar-refractivity contribution < 1.29 is 13.6 Å². The van der Waals surface area contributed by atoms with Gasteiger partial charge >= 0.3 is 0 Å². The van der Waals surface area contributed by atoms with Gasteiger partial charge in [0.05, 0.1) is 12.3 Å². The van der Waals surface area contributed by atoms with Crippen LogP contribution in [-0.2, 0) is 21.6 Å². The average molecular weight is 425 g/mol. The first-order valence-electron chi connectivity index (χ1n) is 9.29. The Kier molecular flexibility index (Phi) is 6.94. The van der Waals surface area contributed by atoms with Crippen LogP contribution in [0.25, 0.3) is 22.3 Å². The van der Waals surface area contributed by atoms with Gasteiger partial charge in [0.25, 0.3) is 0 Å². The molecule has 3 aromatic rings. The molecule has 0 fully saturated rings. The Labute approximate surface area is 178 Å². The predicted molar refractivity (Wildman–Crippen MR) is 121 cm³/mol. The lowest BCUT2D eigenvalue weighted by Crippen LogP contribution is -2.27. The van der Waals surface area contributed by atoms with Crippen LogP contribution in [0.5, 0.6) is 0 Å². The Balaban J connectivity index is 1.81. The number of nitrogens with two attached hydrogens (primary N) is 1. The number of nitrogen functional groups attached to an aromatic ring is 1. The third kappa shape index (κ3) is 5.73. The number of carbonyl (C=O) groups excluding carboxylic acids is 1. The van der Waals surface area contributed by atoms with E-state index >= 15 is 0 Å². The number of amides is 1. The average Bonchev–Trinajstić information content (AvgIpc) is 2.69. The van der Waals surface area contributed by atoms with Gasteiger partial charge in [-0.25, -0.2) is 9.19 Å². The number of likely N-dealkylation sites (N-methyl/N-ethyl adjacent to an activating group) is 1. The molecule has 1 amide bonds. The van der Waals surface area contributed by atoms with Crippen LogP contribution in [0, 0.1) is 0 Å². The quantitative estimate of drug-likeness (QED) is 0.503. The SMILES string of the molecule is CN(C)CC(=O)Nc1ccc(-c2cc(-c3ccc(CS(=O)O)cc3)cnc2N)cc1. The molecule has 0 spiro atoms. The molecule has 156 valence electrons. The van der Waals surface area contributed by atoms with E-state index in [0.29, 0.717) is 18.1 Å². The molecule has 0 saturated heterocycles. The van der Waals surface area contributed by atoms with Crippen LogP contribution in [0.4, 0.5) is 11.5 Å². The number of hydrogen-bond acceptors (Lipinski definition) is 5. The van der Waals surface area contributed by atoms with E-state index in [9.17, 15) is 9.00 Å². The van der Waals surface area contributed by atoms with Crippen molar-refractivity contribution in [3.05, 3.63) is 66.4 Å². The first-order valence-corrected chi connectivity index (χ1v) is 10.6. The van der Waals surface area contributed by atoms with Crippen LogP contribution < -0.4 is 11.1 Å². The van der Waals surface area contributed by atoms with Crippen molar-refractivity contribution >= 4 is 28.5 Å². The van der Waals surface area contributed by atoms with Crippen LogP contribution in [0.15, 0.2) is 60.8 Å². The molecule has 1 unspecified atom stereocenters. The highest BCUT2D eigenvalue weighted by atomic mass is 32.2. The summed E-state index contributed by atoms with van der Waals surface area (Å²) >= 11 is -1.87. The van der Waals surface area contributed by atoms with Crippen molar-refractivity contribution in [2.24, 2.45) is 0 Å². The minimum Gasteiger partial charge on any atom is -0.383 e. The molecule has 30 heavy (non-hydrogen) atoms. The lowest BCUT2D eigenvalue weighted by molar-refractivity contribution is -0.116. The van der Waals surface area contributed by atoms with Crippen molar-refractivity contribution in [3.8, 4) is 22.3 Å². The monoisotopic (exact) mass is 424 g/mol. The zero-order chi connectivity index (χ0) is 21.7. The van der Waals surface area contributed by atoms with E-state index in [2.05, 4.69) is 10.3 Å². The lowest BCUT2D eigenvalue weighted by atomic mass is 10.0. The predicted octanol–water partition coefficient (Wildman–Crippen LogP) is 3.22. The first-order chi connectivity index (χ1) is 14.3. The van der Waals surface area contributed by atoms with Gasteiger partial charge in [-0.15, -0.1) is 0 Å². The van der Waals surface area contributed by atoms with Crippen molar-refractivity contribution in [3.63, 3.8) is 0 Å². The number of benzene rings is 2. The Morgan fingerprint density at radius 2 is 1.70 bits per heavy atom. The van der Waals surface area contributed by atoms with E-state index < -0.39 is 11.1 Å². The summed E-state index contributed by atoms with van der Waals surface area (Å²) in [7, 11) is 3.68. The fourth-order valence-corrected chi connectivity index (χ4v) is 3.50. The standard InChI is InChI=1S/C22H24N4O3S/c1-26(2)13-21(27)25-19-9-7-17(8-10-19)20-11-18(12-24-22(20)23)16-5-3-15(4-6-16)14-30(28)29/h3-12H,13-14H2,1-2H3,(H2,23,24)(H,25,27)(H,28,29). The Morgan fingerprint density at radius 1 is 1.07 bits per heavy atom. The Hall–Kier alpha value is -3.07. The van der Waals surface area contributed by atoms with Gasteiger partial charge in [0.2, 0.25) is 5.91 Å². The van der Waals surface area contributed by atoms with Gasteiger partial charge in [-0.05, 0) is 49.0 Å². The van der Waals surface area contributed by atoms with Crippen LogP contribution in [0.3, 0.4) is 0 Å². The normalized spacial score (nSPS) is 12.0. The molecule has 7 nitrogen and oxygen atoms in total. The maximum Gasteiger partial charge on any atom is 0.238 e. The summed E-state index contributed by atoms with van der Waals surface area (Å²) in [5, 5.41) is 2.86. The van der Waals surface area contributed by atoms with Gasteiger partial charge in [0, 0.05) is 23.0 Å². The summed E-state index contributed by atoms with van der Waals surface area (Å²) in [4.78, 5) is 18.0. The van der Waals surface area contributed by atoms with Crippen molar-refractivity contribution in [2.75, 3.05) is 31.7 Å². The number of anilines is 2. The number of rotatable bonds is 7. The van der Waals surface area contributed by atoms with Crippen molar-refractivity contribution in [1.82, 2.24) is 9.88 Å². The van der Waals surface area contributed by atoms with Crippen molar-refractivity contribution in [1.29, 1.82) is 0 Å². The highest BCUT2D eigenvalue weighted by molar-refractivity contribution is 7.78. The molecule has 4 N–H and O–H groups in total. The molecule has 8 heteroatoms. The van der Waals surface area contributed by atoms with E-state index in [1.807, 2.05) is 68.7 Å². The highest BCUT2D eigenvalue weighted by Gasteiger charge is 2.09. The minimum atomic E-state index is -1.87. The summed E-state index contributed by atoms with van der Waals surface area (Å²) in [6.07, 6.45) is 1.70. The fraction of sp³-hybridized carbons (Fsp3) is 0.182. The molecule has 0 saturated carbocycles. The first kappa shape index (κ1) is 21.6. The van der Waals surface area contributed by atoms with Gasteiger partial charge in [0.1, 0.15) is 5.82 Å². The molecule has 2 aromatic carbocycles. The summed E-state index contributed by atoms with van der Waals surface area (Å²) < 4.78 is 20.0. The number of carbonyl (C=O) groups is 1. The zero-order valence-corrected chi connectivity index (χ0v) is 17.6. The molecule has 3 rings (SSSR count). The van der Waals surface area contributed by atoms with E-state index in [1.165, 1.54) is 0 Å². The van der Waals surface area contributed by atoms with Crippen molar-refractivity contribution in [2.45, 2.75) is 5.75 Å². The third-order valence-electron chi connectivity index (χ3n) is 4.44. The smallest absolute Gasteiger partial charge is 0.238 e. The van der Waals surface area contributed by atoms with Crippen LogP contribution in [0.1, 0.15) is 5.56 Å². The molecule has 0 bridgehead atoms. The van der Waals surface area contributed by atoms with Crippen LogP contribution >= 0.6 is 0 Å². The van der Waals surface area contributed by atoms with Gasteiger partial charge in [-0.1, -0.05) is 36.4 Å². The number of aromatic nitrogens is 1. The second kappa shape index (κ2) is 9.62.